The number of cyclic esters (lactones) is 1. The molecule has 1 amide bonds. The van der Waals surface area contributed by atoms with Crippen LogP contribution >= 0.6 is 12.4 Å². The molecule has 2 aromatic rings. The zero-order valence-corrected chi connectivity index (χ0v) is 11.2. The van der Waals surface area contributed by atoms with E-state index in [0.29, 0.717) is 6.61 Å². The molecule has 1 saturated heterocycles. The average Bonchev–Trinajstić information content (AvgIpc) is 2.84. The molecule has 0 spiro atoms. The molecule has 1 heterocycles. The zero-order chi connectivity index (χ0) is 12.5. The fourth-order valence-electron chi connectivity index (χ4n) is 2.33. The highest BCUT2D eigenvalue weighted by Gasteiger charge is 2.25. The number of benzene rings is 2. The lowest BCUT2D eigenvalue weighted by Gasteiger charge is -2.13. The summed E-state index contributed by atoms with van der Waals surface area (Å²) in [6, 6.07) is 11.8. The summed E-state index contributed by atoms with van der Waals surface area (Å²) in [5, 5.41) is 4.91. The Morgan fingerprint density at radius 2 is 1.95 bits per heavy atom. The number of methoxy groups -OCH3 is 1. The highest BCUT2D eigenvalue weighted by Crippen LogP contribution is 2.32. The van der Waals surface area contributed by atoms with Gasteiger partial charge in [-0.05, 0) is 17.0 Å². The molecule has 1 N–H and O–H groups in total. The Kier molecular flexibility index (Phi) is 3.81. The second kappa shape index (κ2) is 5.36. The van der Waals surface area contributed by atoms with Gasteiger partial charge in [0.1, 0.15) is 12.4 Å². The Morgan fingerprint density at radius 3 is 2.58 bits per heavy atom. The summed E-state index contributed by atoms with van der Waals surface area (Å²) in [5.74, 6) is 0.833. The maximum Gasteiger partial charge on any atom is 0.407 e. The number of amides is 1. The van der Waals surface area contributed by atoms with Crippen LogP contribution in [0.2, 0.25) is 0 Å². The van der Waals surface area contributed by atoms with Crippen LogP contribution in [0.25, 0.3) is 10.8 Å². The molecule has 1 aliphatic rings. The van der Waals surface area contributed by atoms with Gasteiger partial charge in [-0.25, -0.2) is 4.79 Å². The number of ether oxygens (including phenoxy) is 2. The number of halogens is 1. The third-order valence-electron chi connectivity index (χ3n) is 3.19. The van der Waals surface area contributed by atoms with Gasteiger partial charge in [0.2, 0.25) is 0 Å². The van der Waals surface area contributed by atoms with Gasteiger partial charge in [0.15, 0.2) is 0 Å². The molecule has 0 radical (unpaired) electrons. The number of nitrogens with one attached hydrogen (secondary N) is 1. The predicted molar refractivity (Wildman–Crippen MR) is 75.0 cm³/mol. The lowest BCUT2D eigenvalue weighted by atomic mass is 9.99. The van der Waals surface area contributed by atoms with Gasteiger partial charge in [-0.3, -0.25) is 0 Å². The Morgan fingerprint density at radius 1 is 1.21 bits per heavy atom. The zero-order valence-electron chi connectivity index (χ0n) is 10.4. The summed E-state index contributed by atoms with van der Waals surface area (Å²) in [5.41, 5.74) is 1.05. The first-order chi connectivity index (χ1) is 8.79. The first kappa shape index (κ1) is 13.5. The molecule has 1 atom stereocenters. The summed E-state index contributed by atoms with van der Waals surface area (Å²) < 4.78 is 10.3. The molecule has 2 aromatic carbocycles. The number of carbonyl (C=O) groups excluding carboxylic acids is 1. The third-order valence-corrected chi connectivity index (χ3v) is 3.19. The highest BCUT2D eigenvalue weighted by molar-refractivity contribution is 5.92. The van der Waals surface area contributed by atoms with Crippen molar-refractivity contribution in [1.29, 1.82) is 0 Å². The van der Waals surface area contributed by atoms with Crippen molar-refractivity contribution in [2.75, 3.05) is 13.7 Å². The summed E-state index contributed by atoms with van der Waals surface area (Å²) in [6.45, 7) is 0.370. The molecule has 0 aromatic heterocycles. The van der Waals surface area contributed by atoms with E-state index in [2.05, 4.69) is 5.32 Å². The van der Waals surface area contributed by atoms with E-state index >= 15 is 0 Å². The molecule has 100 valence electrons. The van der Waals surface area contributed by atoms with E-state index in [1.165, 1.54) is 0 Å². The van der Waals surface area contributed by atoms with Gasteiger partial charge in [0, 0.05) is 5.39 Å². The predicted octanol–water partition coefficient (Wildman–Crippen LogP) is 3.05. The maximum atomic E-state index is 11.1. The van der Waals surface area contributed by atoms with Gasteiger partial charge < -0.3 is 14.8 Å². The van der Waals surface area contributed by atoms with Crippen molar-refractivity contribution in [3.05, 3.63) is 42.0 Å². The van der Waals surface area contributed by atoms with Gasteiger partial charge in [-0.2, -0.15) is 0 Å². The van der Waals surface area contributed by atoms with Gasteiger partial charge in [-0.15, -0.1) is 12.4 Å². The van der Waals surface area contributed by atoms with Crippen LogP contribution in [0.1, 0.15) is 11.6 Å². The number of alkyl carbamates (subject to hydrolysis) is 1. The van der Waals surface area contributed by atoms with Crippen LogP contribution in [-0.4, -0.2) is 19.8 Å². The minimum Gasteiger partial charge on any atom is -0.496 e. The summed E-state index contributed by atoms with van der Waals surface area (Å²) in [7, 11) is 1.65. The van der Waals surface area contributed by atoms with Crippen molar-refractivity contribution in [2.24, 2.45) is 0 Å². The monoisotopic (exact) mass is 279 g/mol. The molecule has 0 unspecified atom stereocenters. The van der Waals surface area contributed by atoms with E-state index in [4.69, 9.17) is 9.47 Å². The van der Waals surface area contributed by atoms with Gasteiger partial charge in [-0.1, -0.05) is 30.3 Å². The molecular weight excluding hydrogens is 266 g/mol. The van der Waals surface area contributed by atoms with Gasteiger partial charge >= 0.3 is 6.09 Å². The molecule has 1 aliphatic heterocycles. The van der Waals surface area contributed by atoms with Crippen LogP contribution in [0.4, 0.5) is 4.79 Å². The normalized spacial score (nSPS) is 17.5. The summed E-state index contributed by atoms with van der Waals surface area (Å²) in [4.78, 5) is 11.1. The molecular formula is C14H14ClNO3. The van der Waals surface area contributed by atoms with E-state index in [1.54, 1.807) is 7.11 Å². The van der Waals surface area contributed by atoms with Crippen LogP contribution in [-0.2, 0) is 4.74 Å². The lowest BCUT2D eigenvalue weighted by molar-refractivity contribution is 0.177. The largest absolute Gasteiger partial charge is 0.496 e. The fourth-order valence-corrected chi connectivity index (χ4v) is 2.33. The van der Waals surface area contributed by atoms with E-state index in [-0.39, 0.29) is 24.5 Å². The van der Waals surface area contributed by atoms with Crippen LogP contribution in [0.5, 0.6) is 5.75 Å². The van der Waals surface area contributed by atoms with Crippen molar-refractivity contribution < 1.29 is 14.3 Å². The molecule has 0 saturated carbocycles. The number of carbonyl (C=O) groups is 1. The first-order valence-electron chi connectivity index (χ1n) is 5.78. The summed E-state index contributed by atoms with van der Waals surface area (Å²) in [6.07, 6.45) is -0.361. The van der Waals surface area contributed by atoms with Gasteiger partial charge in [0.05, 0.1) is 13.2 Å². The number of hydrogen-bond donors (Lipinski definition) is 1. The van der Waals surface area contributed by atoms with Crippen molar-refractivity contribution in [1.82, 2.24) is 5.32 Å². The van der Waals surface area contributed by atoms with E-state index < -0.39 is 0 Å². The van der Waals surface area contributed by atoms with Crippen LogP contribution in [0.3, 0.4) is 0 Å². The van der Waals surface area contributed by atoms with E-state index in [1.807, 2.05) is 36.4 Å². The minimum absolute atomic E-state index is 0. The second-order valence-electron chi connectivity index (χ2n) is 4.20. The van der Waals surface area contributed by atoms with Crippen LogP contribution in [0.15, 0.2) is 36.4 Å². The highest BCUT2D eigenvalue weighted by atomic mass is 35.5. The molecule has 4 nitrogen and oxygen atoms in total. The standard InChI is InChI=1S/C14H13NO3.ClH/c1-17-13-7-6-10(12-8-18-14(16)15-12)9-4-2-3-5-11(9)13;/h2-7,12H,8H2,1H3,(H,15,16);1H/t12-;/m0./s1. The molecule has 3 rings (SSSR count). The molecule has 1 fully saturated rings. The van der Waals surface area contributed by atoms with Crippen molar-refractivity contribution in [3.8, 4) is 5.75 Å². The quantitative estimate of drug-likeness (QED) is 0.919. The van der Waals surface area contributed by atoms with Crippen molar-refractivity contribution in [3.63, 3.8) is 0 Å². The third kappa shape index (κ3) is 2.31. The van der Waals surface area contributed by atoms with Crippen molar-refractivity contribution >= 4 is 29.3 Å². The smallest absolute Gasteiger partial charge is 0.407 e. The number of fused-ring (bicyclic) bond motifs is 1. The van der Waals surface area contributed by atoms with Gasteiger partial charge in [0.25, 0.3) is 0 Å². The Hall–Kier alpha value is -1.94. The molecule has 5 heteroatoms. The molecule has 0 aliphatic carbocycles. The van der Waals surface area contributed by atoms with Crippen LogP contribution in [0, 0.1) is 0 Å². The Bertz CT molecular complexity index is 615. The molecule has 0 bridgehead atoms. The number of hydrogen-bond acceptors (Lipinski definition) is 3. The first-order valence-corrected chi connectivity index (χ1v) is 5.78. The molecule has 19 heavy (non-hydrogen) atoms. The summed E-state index contributed by atoms with van der Waals surface area (Å²) >= 11 is 0. The topological polar surface area (TPSA) is 47.6 Å². The lowest BCUT2D eigenvalue weighted by Crippen LogP contribution is -2.18. The van der Waals surface area contributed by atoms with E-state index in [0.717, 1.165) is 22.1 Å². The Labute approximate surface area is 117 Å². The SMILES string of the molecule is COc1ccc([C@@H]2COC(=O)N2)c2ccccc12.Cl. The minimum atomic E-state index is -0.361. The van der Waals surface area contributed by atoms with E-state index in [9.17, 15) is 4.79 Å². The Balaban J connectivity index is 0.00000133. The number of rotatable bonds is 2. The van der Waals surface area contributed by atoms with Crippen LogP contribution < -0.4 is 10.1 Å². The maximum absolute atomic E-state index is 11.1. The van der Waals surface area contributed by atoms with Crippen molar-refractivity contribution in [2.45, 2.75) is 6.04 Å². The fraction of sp³-hybridized carbons (Fsp3) is 0.214. The second-order valence-corrected chi connectivity index (χ2v) is 4.20. The average molecular weight is 280 g/mol.